The molecule has 0 unspecified atom stereocenters. The van der Waals surface area contributed by atoms with Gasteiger partial charge in [-0.3, -0.25) is 14.3 Å². The average Bonchev–Trinajstić information content (AvgIpc) is 2.83. The van der Waals surface area contributed by atoms with Crippen LogP contribution in [-0.2, 0) is 7.05 Å². The molecular weight excluding hydrogens is 236 g/mol. The third-order valence-corrected chi connectivity index (χ3v) is 3.75. The average molecular weight is 248 g/mol. The number of carbonyl (C=O) groups is 2. The van der Waals surface area contributed by atoms with Crippen molar-refractivity contribution in [2.45, 2.75) is 13.8 Å². The summed E-state index contributed by atoms with van der Waals surface area (Å²) in [4.78, 5) is 24.4. The lowest BCUT2D eigenvalue weighted by Crippen LogP contribution is -2.03. The second kappa shape index (κ2) is 4.25. The van der Waals surface area contributed by atoms with Crippen molar-refractivity contribution in [1.82, 2.24) is 9.78 Å². The van der Waals surface area contributed by atoms with Crippen molar-refractivity contribution in [2.24, 2.45) is 7.05 Å². The monoisotopic (exact) mass is 248 g/mol. The van der Waals surface area contributed by atoms with Gasteiger partial charge in [0.1, 0.15) is 0 Å². The van der Waals surface area contributed by atoms with Gasteiger partial charge in [0, 0.05) is 23.2 Å². The first-order valence-corrected chi connectivity index (χ1v) is 5.95. The van der Waals surface area contributed by atoms with E-state index in [1.54, 1.807) is 24.0 Å². The molecule has 0 aromatic carbocycles. The first-order valence-electron chi connectivity index (χ1n) is 5.13. The van der Waals surface area contributed by atoms with Crippen LogP contribution in [0.2, 0.25) is 0 Å². The number of aldehydes is 1. The van der Waals surface area contributed by atoms with Crippen molar-refractivity contribution in [2.75, 3.05) is 0 Å². The summed E-state index contributed by atoms with van der Waals surface area (Å²) < 4.78 is 1.66. The van der Waals surface area contributed by atoms with Crippen LogP contribution in [0.3, 0.4) is 0 Å². The largest absolute Gasteiger partial charge is 0.297 e. The van der Waals surface area contributed by atoms with Gasteiger partial charge in [0.15, 0.2) is 12.1 Å². The quantitative estimate of drug-likeness (QED) is 0.617. The maximum atomic E-state index is 12.3. The first-order chi connectivity index (χ1) is 8.04. The summed E-state index contributed by atoms with van der Waals surface area (Å²) in [6.45, 7) is 3.69. The minimum absolute atomic E-state index is 0.0718. The Balaban J connectivity index is 2.47. The molecular formula is C12H12N2O2S. The Morgan fingerprint density at radius 3 is 2.59 bits per heavy atom. The van der Waals surface area contributed by atoms with Crippen molar-refractivity contribution in [3.63, 3.8) is 0 Å². The Hall–Kier alpha value is -1.75. The lowest BCUT2D eigenvalue weighted by atomic mass is 10.1. The van der Waals surface area contributed by atoms with Gasteiger partial charge in [-0.25, -0.2) is 0 Å². The molecule has 0 radical (unpaired) electrons. The van der Waals surface area contributed by atoms with Gasteiger partial charge in [-0.05, 0) is 19.9 Å². The molecule has 0 bridgehead atoms. The van der Waals surface area contributed by atoms with Gasteiger partial charge in [0.05, 0.1) is 16.6 Å². The number of rotatable bonds is 3. The van der Waals surface area contributed by atoms with E-state index in [0.29, 0.717) is 16.0 Å². The normalized spacial score (nSPS) is 10.5. The van der Waals surface area contributed by atoms with Crippen LogP contribution in [0.1, 0.15) is 36.2 Å². The molecule has 2 rings (SSSR count). The van der Waals surface area contributed by atoms with Crippen LogP contribution >= 0.6 is 11.3 Å². The second-order valence-electron chi connectivity index (χ2n) is 3.83. The van der Waals surface area contributed by atoms with E-state index in [9.17, 15) is 9.59 Å². The summed E-state index contributed by atoms with van der Waals surface area (Å²) in [5.74, 6) is -0.0718. The van der Waals surface area contributed by atoms with E-state index in [1.165, 1.54) is 11.3 Å². The number of thiophene rings is 1. The van der Waals surface area contributed by atoms with Gasteiger partial charge in [-0.15, -0.1) is 11.3 Å². The van der Waals surface area contributed by atoms with E-state index >= 15 is 0 Å². The maximum Gasteiger partial charge on any atom is 0.197 e. The maximum absolute atomic E-state index is 12.3. The summed E-state index contributed by atoms with van der Waals surface area (Å²) in [5, 5.41) is 4.05. The van der Waals surface area contributed by atoms with Crippen LogP contribution in [0, 0.1) is 13.8 Å². The molecule has 0 N–H and O–H groups in total. The molecule has 2 aromatic rings. The Morgan fingerprint density at radius 1 is 1.41 bits per heavy atom. The number of nitrogens with zero attached hydrogens (tertiary/aromatic N) is 2. The third kappa shape index (κ3) is 1.93. The second-order valence-corrected chi connectivity index (χ2v) is 5.12. The first kappa shape index (κ1) is 11.7. The number of aryl methyl sites for hydroxylation is 2. The fraction of sp³-hybridized carbons (Fsp3) is 0.250. The zero-order valence-corrected chi connectivity index (χ0v) is 10.7. The van der Waals surface area contributed by atoms with Crippen molar-refractivity contribution >= 4 is 23.4 Å². The summed E-state index contributed by atoms with van der Waals surface area (Å²) in [5.41, 5.74) is 2.01. The third-order valence-electron chi connectivity index (χ3n) is 2.78. The Bertz CT molecular complexity index is 596. The molecule has 0 aliphatic rings. The van der Waals surface area contributed by atoms with Crippen molar-refractivity contribution in [1.29, 1.82) is 0 Å². The molecule has 5 heteroatoms. The molecule has 0 amide bonds. The minimum Gasteiger partial charge on any atom is -0.297 e. The molecule has 0 fully saturated rings. The van der Waals surface area contributed by atoms with Crippen LogP contribution in [-0.4, -0.2) is 21.8 Å². The van der Waals surface area contributed by atoms with E-state index in [0.717, 1.165) is 16.9 Å². The molecule has 0 saturated heterocycles. The topological polar surface area (TPSA) is 52.0 Å². The highest BCUT2D eigenvalue weighted by molar-refractivity contribution is 7.14. The van der Waals surface area contributed by atoms with Gasteiger partial charge in [-0.2, -0.15) is 5.10 Å². The minimum atomic E-state index is -0.0718. The SMILES string of the molecule is Cc1sc(C=O)cc1C(=O)c1cnn(C)c1C. The molecule has 2 heterocycles. The van der Waals surface area contributed by atoms with Gasteiger partial charge in [-0.1, -0.05) is 0 Å². The standard InChI is InChI=1S/C12H12N2O2S/c1-7-11(5-13-14(7)3)12(16)10-4-9(6-15)17-8(10)2/h4-6H,1-3H3. The molecule has 0 saturated carbocycles. The summed E-state index contributed by atoms with van der Waals surface area (Å²) in [6, 6.07) is 1.64. The van der Waals surface area contributed by atoms with Crippen molar-refractivity contribution < 1.29 is 9.59 Å². The Labute approximate surface area is 103 Å². The predicted octanol–water partition coefficient (Wildman–Crippen LogP) is 2.14. The predicted molar refractivity (Wildman–Crippen MR) is 65.8 cm³/mol. The highest BCUT2D eigenvalue weighted by atomic mass is 32.1. The molecule has 0 atom stereocenters. The van der Waals surface area contributed by atoms with Crippen LogP contribution in [0.25, 0.3) is 0 Å². The molecule has 0 aliphatic heterocycles. The fourth-order valence-corrected chi connectivity index (χ4v) is 2.50. The Morgan fingerprint density at radius 2 is 2.12 bits per heavy atom. The van der Waals surface area contributed by atoms with E-state index < -0.39 is 0 Å². The molecule has 17 heavy (non-hydrogen) atoms. The highest BCUT2D eigenvalue weighted by Gasteiger charge is 2.18. The van der Waals surface area contributed by atoms with Gasteiger partial charge in [0.2, 0.25) is 0 Å². The molecule has 0 aliphatic carbocycles. The molecule has 88 valence electrons. The lowest BCUT2D eigenvalue weighted by Gasteiger charge is -1.99. The number of aromatic nitrogens is 2. The molecule has 4 nitrogen and oxygen atoms in total. The Kier molecular flexibility index (Phi) is 2.93. The van der Waals surface area contributed by atoms with E-state index in [2.05, 4.69) is 5.10 Å². The smallest absolute Gasteiger partial charge is 0.197 e. The lowest BCUT2D eigenvalue weighted by molar-refractivity contribution is 0.103. The summed E-state index contributed by atoms with van der Waals surface area (Å²) in [6.07, 6.45) is 2.33. The van der Waals surface area contributed by atoms with Crippen LogP contribution in [0.15, 0.2) is 12.3 Å². The van der Waals surface area contributed by atoms with Gasteiger partial charge < -0.3 is 0 Å². The number of carbonyl (C=O) groups excluding carboxylic acids is 2. The van der Waals surface area contributed by atoms with E-state index in [-0.39, 0.29) is 5.78 Å². The molecule has 0 spiro atoms. The van der Waals surface area contributed by atoms with Crippen molar-refractivity contribution in [3.05, 3.63) is 38.8 Å². The van der Waals surface area contributed by atoms with Gasteiger partial charge in [0.25, 0.3) is 0 Å². The fourth-order valence-electron chi connectivity index (χ4n) is 1.66. The van der Waals surface area contributed by atoms with Gasteiger partial charge >= 0.3 is 0 Å². The number of ketones is 1. The van der Waals surface area contributed by atoms with Crippen LogP contribution in [0.4, 0.5) is 0 Å². The zero-order chi connectivity index (χ0) is 12.6. The van der Waals surface area contributed by atoms with E-state index in [1.807, 2.05) is 13.8 Å². The molecule has 2 aromatic heterocycles. The zero-order valence-electron chi connectivity index (χ0n) is 9.85. The van der Waals surface area contributed by atoms with Crippen molar-refractivity contribution in [3.8, 4) is 0 Å². The number of hydrogen-bond donors (Lipinski definition) is 0. The summed E-state index contributed by atoms with van der Waals surface area (Å²) >= 11 is 1.33. The van der Waals surface area contributed by atoms with Crippen LogP contribution in [0.5, 0.6) is 0 Å². The highest BCUT2D eigenvalue weighted by Crippen LogP contribution is 2.23. The van der Waals surface area contributed by atoms with Crippen LogP contribution < -0.4 is 0 Å². The number of hydrogen-bond acceptors (Lipinski definition) is 4. The van der Waals surface area contributed by atoms with E-state index in [4.69, 9.17) is 0 Å². The summed E-state index contributed by atoms with van der Waals surface area (Å²) in [7, 11) is 1.80.